The van der Waals surface area contributed by atoms with Gasteiger partial charge in [0.1, 0.15) is 0 Å². The lowest BCUT2D eigenvalue weighted by atomic mass is 9.76. The molecule has 2 aromatic rings. The number of amides is 2. The van der Waals surface area contributed by atoms with Gasteiger partial charge in [0.15, 0.2) is 0 Å². The second-order valence-corrected chi connectivity index (χ2v) is 13.0. The van der Waals surface area contributed by atoms with E-state index in [4.69, 9.17) is 34.1 Å². The molecule has 0 bridgehead atoms. The highest BCUT2D eigenvalue weighted by molar-refractivity contribution is 7.88. The lowest BCUT2D eigenvalue weighted by molar-refractivity contribution is -0.125. The molecule has 0 spiro atoms. The van der Waals surface area contributed by atoms with Gasteiger partial charge in [0.05, 0.1) is 30.5 Å². The predicted molar refractivity (Wildman–Crippen MR) is 154 cm³/mol. The monoisotopic (exact) mass is 609 g/mol. The number of nitrogens with one attached hydrogen (secondary N) is 2. The molecular weight excluding hydrogens is 577 g/mol. The molecule has 1 aliphatic heterocycles. The number of sulfonamides is 1. The molecule has 13 heteroatoms. The number of nitrogens with zero attached hydrogens (tertiary/aromatic N) is 2. The number of carbonyl (C=O) groups is 2. The second kappa shape index (κ2) is 12.4. The van der Waals surface area contributed by atoms with Crippen molar-refractivity contribution in [3.8, 4) is 0 Å². The number of nitrogens with two attached hydrogens (primary N) is 1. The number of rotatable bonds is 8. The molecule has 1 saturated carbocycles. The van der Waals surface area contributed by atoms with Gasteiger partial charge in [0.2, 0.25) is 15.9 Å². The molecule has 1 heterocycles. The van der Waals surface area contributed by atoms with Gasteiger partial charge < -0.3 is 21.2 Å². The van der Waals surface area contributed by atoms with E-state index in [0.717, 1.165) is 25.3 Å². The molecule has 0 aromatic heterocycles. The van der Waals surface area contributed by atoms with Crippen LogP contribution in [0.1, 0.15) is 66.1 Å². The highest BCUT2D eigenvalue weighted by Gasteiger charge is 2.49. The normalized spacial score (nSPS) is 24.9. The maximum Gasteiger partial charge on any atom is 0.255 e. The number of carbonyl (C=O) groups excluding carboxylic acids is 2. The number of oxime groups is 1. The maximum absolute atomic E-state index is 14.3. The Hall–Kier alpha value is -2.70. The topological polar surface area (TPSA) is 154 Å². The molecule has 10 nitrogen and oxygen atoms in total. The Labute approximate surface area is 243 Å². The van der Waals surface area contributed by atoms with Crippen LogP contribution in [-0.2, 0) is 14.8 Å². The van der Waals surface area contributed by atoms with Gasteiger partial charge in [-0.25, -0.2) is 13.1 Å². The molecule has 216 valence electrons. The van der Waals surface area contributed by atoms with Gasteiger partial charge >= 0.3 is 0 Å². The van der Waals surface area contributed by atoms with Crippen LogP contribution in [0.15, 0.2) is 47.6 Å². The molecule has 2 aromatic carbocycles. The number of benzene rings is 2. The van der Waals surface area contributed by atoms with Crippen molar-refractivity contribution < 1.29 is 23.2 Å². The third-order valence-electron chi connectivity index (χ3n) is 7.58. The van der Waals surface area contributed by atoms with Crippen LogP contribution in [-0.4, -0.2) is 67.0 Å². The highest BCUT2D eigenvalue weighted by atomic mass is 35.5. The summed E-state index contributed by atoms with van der Waals surface area (Å²) in [4.78, 5) is 30.0. The van der Waals surface area contributed by atoms with Crippen molar-refractivity contribution in [1.29, 1.82) is 0 Å². The van der Waals surface area contributed by atoms with Gasteiger partial charge in [-0.3, -0.25) is 9.59 Å². The third kappa shape index (κ3) is 6.44. The van der Waals surface area contributed by atoms with Gasteiger partial charge in [0, 0.05) is 33.7 Å². The summed E-state index contributed by atoms with van der Waals surface area (Å²) in [7, 11) is -3.59. The first kappa shape index (κ1) is 30.3. The van der Waals surface area contributed by atoms with Crippen molar-refractivity contribution in [2.24, 2.45) is 10.9 Å². The van der Waals surface area contributed by atoms with Crippen LogP contribution in [0.4, 0.5) is 0 Å². The molecule has 2 amide bonds. The Balaban J connectivity index is 1.91. The van der Waals surface area contributed by atoms with Crippen molar-refractivity contribution >= 4 is 51.3 Å². The minimum absolute atomic E-state index is 0.271. The van der Waals surface area contributed by atoms with Crippen LogP contribution in [0, 0.1) is 0 Å². The van der Waals surface area contributed by atoms with E-state index in [1.54, 1.807) is 54.3 Å². The van der Waals surface area contributed by atoms with Crippen LogP contribution in [0.2, 0.25) is 10.0 Å². The Morgan fingerprint density at radius 3 is 2.55 bits per heavy atom. The number of halogens is 2. The molecule has 6 atom stereocenters. The van der Waals surface area contributed by atoms with Crippen LogP contribution >= 0.6 is 23.2 Å². The summed E-state index contributed by atoms with van der Waals surface area (Å²) in [5, 5.41) is 15.5. The van der Waals surface area contributed by atoms with E-state index in [9.17, 15) is 18.0 Å². The lowest BCUT2D eigenvalue weighted by Crippen LogP contribution is -2.59. The fraction of sp³-hybridized carbons (Fsp3) is 0.444. The quantitative estimate of drug-likeness (QED) is 0.204. The van der Waals surface area contributed by atoms with E-state index in [2.05, 4.69) is 15.2 Å². The molecule has 1 fully saturated rings. The third-order valence-corrected chi connectivity index (χ3v) is 8.87. The minimum Gasteiger partial charge on any atom is -0.411 e. The van der Waals surface area contributed by atoms with Crippen molar-refractivity contribution in [3.05, 3.63) is 69.2 Å². The average molecular weight is 611 g/mol. The van der Waals surface area contributed by atoms with E-state index in [0.29, 0.717) is 34.6 Å². The number of fused-ring (bicyclic) bond motifs is 1. The molecule has 2 unspecified atom stereocenters. The zero-order valence-corrected chi connectivity index (χ0v) is 24.5. The van der Waals surface area contributed by atoms with Gasteiger partial charge in [-0.2, -0.15) is 0 Å². The SMILES string of the molecule is CC(NC(=O)[C@@H]1c2ccccc2C(=O)N([C@H]2CCCC[C@@H]2NS(C)(=O)=O)[C@H]1c1ccc(Cl)cc1Cl)C(N)/C=N\O. The summed E-state index contributed by atoms with van der Waals surface area (Å²) in [6, 6.07) is 8.41. The van der Waals surface area contributed by atoms with Crippen molar-refractivity contribution in [2.45, 2.75) is 68.7 Å². The standard InChI is InChI=1S/C27H33Cl2N5O5S/c1-15(21(30)14-31-37)32-26(35)24-17-7-3-4-8-18(17)27(36)34(25(24)19-12-11-16(28)13-20(19)29)23-10-6-5-9-22(23)33-40(2,38)39/h3-4,7-8,11-15,21-25,33,37H,5-6,9-10,30H2,1-2H3,(H,32,35)/b31-14-/t15?,21?,22-,23-,24+,25-/m0/s1. The summed E-state index contributed by atoms with van der Waals surface area (Å²) in [6.07, 6.45) is 4.85. The largest absolute Gasteiger partial charge is 0.411 e. The van der Waals surface area contributed by atoms with E-state index in [-0.39, 0.29) is 10.9 Å². The number of hydrogen-bond donors (Lipinski definition) is 4. The zero-order valence-electron chi connectivity index (χ0n) is 22.1. The van der Waals surface area contributed by atoms with Crippen molar-refractivity contribution in [1.82, 2.24) is 14.9 Å². The summed E-state index contributed by atoms with van der Waals surface area (Å²) < 4.78 is 27.3. The first-order valence-electron chi connectivity index (χ1n) is 13.0. The Morgan fingerprint density at radius 1 is 1.18 bits per heavy atom. The van der Waals surface area contributed by atoms with E-state index < -0.39 is 52.1 Å². The molecule has 4 rings (SSSR count). The van der Waals surface area contributed by atoms with E-state index in [1.165, 1.54) is 0 Å². The van der Waals surface area contributed by atoms with E-state index >= 15 is 0 Å². The minimum atomic E-state index is -3.59. The Kier molecular flexibility index (Phi) is 9.41. The van der Waals surface area contributed by atoms with E-state index in [1.807, 2.05) is 0 Å². The molecule has 0 saturated heterocycles. The van der Waals surface area contributed by atoms with Gasteiger partial charge in [-0.05, 0) is 49.1 Å². The van der Waals surface area contributed by atoms with Gasteiger partial charge in [-0.1, -0.05) is 60.3 Å². The van der Waals surface area contributed by atoms with Gasteiger partial charge in [0.25, 0.3) is 5.91 Å². The first-order valence-corrected chi connectivity index (χ1v) is 15.6. The van der Waals surface area contributed by atoms with Crippen LogP contribution in [0.3, 0.4) is 0 Å². The fourth-order valence-electron chi connectivity index (χ4n) is 5.74. The second-order valence-electron chi connectivity index (χ2n) is 10.4. The maximum atomic E-state index is 14.3. The Bertz CT molecular complexity index is 1410. The summed E-state index contributed by atoms with van der Waals surface area (Å²) in [5.74, 6) is -1.66. The molecule has 5 N–H and O–H groups in total. The zero-order chi connectivity index (χ0) is 29.2. The number of hydrogen-bond acceptors (Lipinski definition) is 7. The van der Waals surface area contributed by atoms with Crippen LogP contribution in [0.25, 0.3) is 0 Å². The molecule has 0 radical (unpaired) electrons. The fourth-order valence-corrected chi connectivity index (χ4v) is 7.09. The summed E-state index contributed by atoms with van der Waals surface area (Å²) in [5.41, 5.74) is 7.41. The smallest absolute Gasteiger partial charge is 0.255 e. The van der Waals surface area contributed by atoms with Gasteiger partial charge in [-0.15, -0.1) is 5.16 Å². The summed E-state index contributed by atoms with van der Waals surface area (Å²) >= 11 is 12.9. The molecule has 1 aliphatic carbocycles. The van der Waals surface area contributed by atoms with Crippen LogP contribution < -0.4 is 15.8 Å². The van der Waals surface area contributed by atoms with Crippen LogP contribution in [0.5, 0.6) is 0 Å². The summed E-state index contributed by atoms with van der Waals surface area (Å²) in [6.45, 7) is 1.68. The highest BCUT2D eigenvalue weighted by Crippen LogP contribution is 2.47. The Morgan fingerprint density at radius 2 is 1.88 bits per heavy atom. The van der Waals surface area contributed by atoms with Crippen molar-refractivity contribution in [3.63, 3.8) is 0 Å². The molecular formula is C27H33Cl2N5O5S. The molecule has 40 heavy (non-hydrogen) atoms. The predicted octanol–water partition coefficient (Wildman–Crippen LogP) is 3.43. The van der Waals surface area contributed by atoms with Crippen molar-refractivity contribution in [2.75, 3.05) is 6.26 Å². The lowest BCUT2D eigenvalue weighted by Gasteiger charge is -2.49. The average Bonchev–Trinajstić information content (AvgIpc) is 2.88. The first-order chi connectivity index (χ1) is 18.9. The molecule has 2 aliphatic rings.